The monoisotopic (exact) mass is 447 g/mol. The molecule has 0 aliphatic carbocycles. The zero-order chi connectivity index (χ0) is 22.5. The molecule has 0 radical (unpaired) electrons. The van der Waals surface area contributed by atoms with Crippen LogP contribution in [-0.2, 0) is 16.1 Å². The quantitative estimate of drug-likeness (QED) is 0.512. The highest BCUT2D eigenvalue weighted by Crippen LogP contribution is 2.38. The van der Waals surface area contributed by atoms with Crippen LogP contribution in [0.15, 0.2) is 90.7 Å². The van der Waals surface area contributed by atoms with E-state index in [4.69, 9.17) is 11.6 Å². The number of amides is 1. The minimum Gasteiger partial charge on any atom is -0.503 e. The molecule has 0 saturated carbocycles. The molecule has 1 aromatic heterocycles. The van der Waals surface area contributed by atoms with Crippen molar-refractivity contribution in [2.75, 3.05) is 6.54 Å². The Hall–Kier alpha value is -3.64. The Morgan fingerprint density at radius 2 is 1.94 bits per heavy atom. The first-order valence-corrected chi connectivity index (χ1v) is 10.6. The van der Waals surface area contributed by atoms with E-state index in [9.17, 15) is 14.7 Å². The number of imidazole rings is 1. The van der Waals surface area contributed by atoms with Crippen molar-refractivity contribution >= 4 is 29.4 Å². The molecule has 1 N–H and O–H groups in total. The second-order valence-electron chi connectivity index (χ2n) is 7.48. The van der Waals surface area contributed by atoms with E-state index >= 15 is 0 Å². The highest BCUT2D eigenvalue weighted by Gasteiger charge is 2.42. The molecule has 7 heteroatoms. The fraction of sp³-hybridized carbons (Fsp3) is 0.160. The number of carbonyl (C=O) groups is 2. The third kappa shape index (κ3) is 4.65. The Morgan fingerprint density at radius 1 is 1.12 bits per heavy atom. The van der Waals surface area contributed by atoms with E-state index in [-0.39, 0.29) is 5.57 Å². The van der Waals surface area contributed by atoms with Gasteiger partial charge < -0.3 is 14.6 Å². The van der Waals surface area contributed by atoms with Gasteiger partial charge in [0.2, 0.25) is 0 Å². The normalized spacial score (nSPS) is 16.3. The second-order valence-corrected chi connectivity index (χ2v) is 7.92. The van der Waals surface area contributed by atoms with Gasteiger partial charge >= 0.3 is 0 Å². The number of aliphatic hydroxyl groups excluding tert-OH is 1. The summed E-state index contributed by atoms with van der Waals surface area (Å²) in [7, 11) is 0. The molecule has 1 unspecified atom stereocenters. The summed E-state index contributed by atoms with van der Waals surface area (Å²) in [6.45, 7) is 1.02. The van der Waals surface area contributed by atoms with Gasteiger partial charge in [-0.2, -0.15) is 0 Å². The van der Waals surface area contributed by atoms with Crippen LogP contribution in [0.2, 0.25) is 5.02 Å². The molecule has 1 aliphatic heterocycles. The maximum absolute atomic E-state index is 13.1. The Bertz CT molecular complexity index is 1170. The predicted octanol–water partition coefficient (Wildman–Crippen LogP) is 4.60. The number of aromatic nitrogens is 2. The molecule has 32 heavy (non-hydrogen) atoms. The van der Waals surface area contributed by atoms with Crippen LogP contribution in [0.1, 0.15) is 23.6 Å². The first-order chi connectivity index (χ1) is 15.5. The van der Waals surface area contributed by atoms with Gasteiger partial charge in [-0.05, 0) is 35.8 Å². The molecule has 0 spiro atoms. The lowest BCUT2D eigenvalue weighted by atomic mass is 9.95. The van der Waals surface area contributed by atoms with Crippen molar-refractivity contribution in [1.29, 1.82) is 0 Å². The van der Waals surface area contributed by atoms with Crippen molar-refractivity contribution in [2.24, 2.45) is 0 Å². The van der Waals surface area contributed by atoms with Gasteiger partial charge in [-0.25, -0.2) is 4.98 Å². The summed E-state index contributed by atoms with van der Waals surface area (Å²) < 4.78 is 1.91. The summed E-state index contributed by atoms with van der Waals surface area (Å²) in [4.78, 5) is 31.6. The molecule has 4 rings (SSSR count). The van der Waals surface area contributed by atoms with Crippen LogP contribution >= 0.6 is 11.6 Å². The van der Waals surface area contributed by atoms with Crippen LogP contribution in [0.3, 0.4) is 0 Å². The predicted molar refractivity (Wildman–Crippen MR) is 123 cm³/mol. The van der Waals surface area contributed by atoms with Gasteiger partial charge in [0.25, 0.3) is 5.91 Å². The number of ketones is 1. The number of benzene rings is 2. The fourth-order valence-electron chi connectivity index (χ4n) is 3.83. The highest BCUT2D eigenvalue weighted by molar-refractivity contribution is 6.30. The van der Waals surface area contributed by atoms with E-state index in [2.05, 4.69) is 4.98 Å². The molecule has 3 aromatic rings. The Morgan fingerprint density at radius 3 is 2.66 bits per heavy atom. The van der Waals surface area contributed by atoms with Crippen molar-refractivity contribution < 1.29 is 14.7 Å². The van der Waals surface area contributed by atoms with Crippen LogP contribution < -0.4 is 0 Å². The molecule has 1 aliphatic rings. The van der Waals surface area contributed by atoms with Gasteiger partial charge in [0, 0.05) is 30.5 Å². The lowest BCUT2D eigenvalue weighted by Gasteiger charge is -2.26. The topological polar surface area (TPSA) is 75.4 Å². The number of rotatable bonds is 8. The zero-order valence-corrected chi connectivity index (χ0v) is 18.0. The van der Waals surface area contributed by atoms with E-state index in [0.717, 1.165) is 5.56 Å². The van der Waals surface area contributed by atoms with Gasteiger partial charge in [0.05, 0.1) is 17.9 Å². The van der Waals surface area contributed by atoms with Gasteiger partial charge in [-0.15, -0.1) is 0 Å². The van der Waals surface area contributed by atoms with E-state index in [1.807, 2.05) is 41.1 Å². The number of hydrogen-bond acceptors (Lipinski definition) is 4. The van der Waals surface area contributed by atoms with Gasteiger partial charge in [0.1, 0.15) is 0 Å². The SMILES string of the molecule is O=C(/C=C/c1ccccc1)C1=C(O)C(=O)N(CCCn2ccnc2)C1c1cccc(Cl)c1. The molecule has 1 amide bonds. The summed E-state index contributed by atoms with van der Waals surface area (Å²) in [5, 5.41) is 11.2. The number of hydrogen-bond donors (Lipinski definition) is 1. The first-order valence-electron chi connectivity index (χ1n) is 10.3. The number of halogens is 1. The van der Waals surface area contributed by atoms with Crippen LogP contribution in [0.25, 0.3) is 6.08 Å². The van der Waals surface area contributed by atoms with Gasteiger partial charge in [0.15, 0.2) is 11.5 Å². The number of nitrogens with zero attached hydrogens (tertiary/aromatic N) is 3. The standard InChI is InChI=1S/C25H22ClN3O3/c26-20-9-4-8-19(16-20)23-22(21(30)11-10-18-6-2-1-3-7-18)24(31)25(32)29(23)14-5-13-28-15-12-27-17-28/h1-4,6-12,15-17,23,31H,5,13-14H2/b11-10+. The molecular weight excluding hydrogens is 426 g/mol. The summed E-state index contributed by atoms with van der Waals surface area (Å²) in [5.41, 5.74) is 1.59. The zero-order valence-electron chi connectivity index (χ0n) is 17.3. The summed E-state index contributed by atoms with van der Waals surface area (Å²) in [6.07, 6.45) is 8.94. The molecule has 6 nitrogen and oxygen atoms in total. The largest absolute Gasteiger partial charge is 0.503 e. The van der Waals surface area contributed by atoms with Crippen molar-refractivity contribution in [3.8, 4) is 0 Å². The van der Waals surface area contributed by atoms with E-state index in [1.165, 1.54) is 11.0 Å². The van der Waals surface area contributed by atoms with Gasteiger partial charge in [-0.3, -0.25) is 9.59 Å². The number of aliphatic hydroxyl groups is 1. The maximum atomic E-state index is 13.1. The number of carbonyl (C=O) groups excluding carboxylic acids is 2. The minimum atomic E-state index is -0.711. The molecule has 0 saturated heterocycles. The third-order valence-electron chi connectivity index (χ3n) is 5.33. The molecule has 2 aromatic carbocycles. The maximum Gasteiger partial charge on any atom is 0.290 e. The van der Waals surface area contributed by atoms with Crippen molar-refractivity contribution in [3.05, 3.63) is 107 Å². The van der Waals surface area contributed by atoms with Crippen LogP contribution in [0.4, 0.5) is 0 Å². The smallest absolute Gasteiger partial charge is 0.290 e. The van der Waals surface area contributed by atoms with Crippen molar-refractivity contribution in [2.45, 2.75) is 19.0 Å². The fourth-order valence-corrected chi connectivity index (χ4v) is 4.03. The molecule has 0 bridgehead atoms. The van der Waals surface area contributed by atoms with Crippen LogP contribution in [-0.4, -0.2) is 37.8 Å². The average molecular weight is 448 g/mol. The molecule has 0 fully saturated rings. The van der Waals surface area contributed by atoms with Crippen LogP contribution in [0, 0.1) is 0 Å². The van der Waals surface area contributed by atoms with E-state index < -0.39 is 23.5 Å². The first kappa shape index (κ1) is 21.6. The summed E-state index contributed by atoms with van der Waals surface area (Å²) >= 11 is 6.19. The molecule has 162 valence electrons. The number of allylic oxidation sites excluding steroid dienone is 1. The summed E-state index contributed by atoms with van der Waals surface area (Å²) in [5.74, 6) is -1.49. The lowest BCUT2D eigenvalue weighted by molar-refractivity contribution is -0.129. The van der Waals surface area contributed by atoms with Gasteiger partial charge in [-0.1, -0.05) is 60.1 Å². The van der Waals surface area contributed by atoms with E-state index in [1.54, 1.807) is 42.9 Å². The minimum absolute atomic E-state index is 0.0621. The molecule has 2 heterocycles. The number of aryl methyl sites for hydroxylation is 1. The Labute approximate surface area is 191 Å². The lowest BCUT2D eigenvalue weighted by Crippen LogP contribution is -2.32. The van der Waals surface area contributed by atoms with Crippen LogP contribution in [0.5, 0.6) is 0 Å². The van der Waals surface area contributed by atoms with Crippen molar-refractivity contribution in [3.63, 3.8) is 0 Å². The molecular formula is C25H22ClN3O3. The Balaban J connectivity index is 1.62. The van der Waals surface area contributed by atoms with Crippen molar-refractivity contribution in [1.82, 2.24) is 14.5 Å². The third-order valence-corrected chi connectivity index (χ3v) is 5.57. The molecule has 1 atom stereocenters. The summed E-state index contributed by atoms with van der Waals surface area (Å²) in [6, 6.07) is 15.7. The van der Waals surface area contributed by atoms with E-state index in [0.29, 0.717) is 30.1 Å². The highest BCUT2D eigenvalue weighted by atomic mass is 35.5. The Kier molecular flexibility index (Phi) is 6.52. The second kappa shape index (κ2) is 9.66. The average Bonchev–Trinajstić information content (AvgIpc) is 3.40.